The first-order valence-electron chi connectivity index (χ1n) is 11.6. The van der Waals surface area contributed by atoms with Crippen LogP contribution in [0.3, 0.4) is 0 Å². The molecule has 0 aromatic rings. The topological polar surface area (TPSA) is 71.1 Å². The molecule has 0 N–H and O–H groups in total. The van der Waals surface area contributed by atoms with Gasteiger partial charge in [0.05, 0.1) is 11.9 Å². The third kappa shape index (κ3) is 4.87. The lowest BCUT2D eigenvalue weighted by Gasteiger charge is -2.49. The largest absolute Gasteiger partial charge is 0.458 e. The Kier molecular flexibility index (Phi) is 7.11. The number of esters is 1. The van der Waals surface area contributed by atoms with Gasteiger partial charge >= 0.3 is 5.97 Å². The molecule has 1 aliphatic heterocycles. The van der Waals surface area contributed by atoms with E-state index in [2.05, 4.69) is 20.8 Å². The molecule has 6 heteroatoms. The van der Waals surface area contributed by atoms with Crippen LogP contribution in [0, 0.1) is 23.2 Å². The number of ether oxygens (including phenoxy) is 4. The summed E-state index contributed by atoms with van der Waals surface area (Å²) < 4.78 is 23.1. The van der Waals surface area contributed by atoms with Gasteiger partial charge in [-0.1, -0.05) is 12.5 Å². The molecule has 0 spiro atoms. The average Bonchev–Trinajstić information content (AvgIpc) is 3.05. The predicted octanol–water partition coefficient (Wildman–Crippen LogP) is 5.26. The Bertz CT molecular complexity index is 919. The first kappa shape index (κ1) is 25.4. The van der Waals surface area contributed by atoms with E-state index in [1.807, 2.05) is 32.9 Å². The summed E-state index contributed by atoms with van der Waals surface area (Å²) >= 11 is 0. The molecule has 6 nitrogen and oxygen atoms in total. The van der Waals surface area contributed by atoms with Crippen molar-refractivity contribution in [2.24, 2.45) is 23.2 Å². The molecule has 1 fully saturated rings. The monoisotopic (exact) mass is 458 g/mol. The molecule has 0 amide bonds. The summed E-state index contributed by atoms with van der Waals surface area (Å²) in [5, 5.41) is 0. The van der Waals surface area contributed by atoms with Crippen molar-refractivity contribution in [2.45, 2.75) is 72.2 Å². The minimum atomic E-state index is -0.960. The van der Waals surface area contributed by atoms with Gasteiger partial charge in [0, 0.05) is 44.3 Å². The summed E-state index contributed by atoms with van der Waals surface area (Å²) in [7, 11) is 3.32. The molecule has 3 rings (SSSR count). The molecule has 0 radical (unpaired) electrons. The van der Waals surface area contributed by atoms with Crippen LogP contribution in [-0.2, 0) is 28.5 Å². The first-order chi connectivity index (χ1) is 15.4. The molecule has 0 aromatic heterocycles. The zero-order chi connectivity index (χ0) is 24.6. The van der Waals surface area contributed by atoms with E-state index in [1.54, 1.807) is 14.2 Å². The Morgan fingerprint density at radius 1 is 1.24 bits per heavy atom. The standard InChI is InChI=1S/C27H38O6/c1-17(2)13-23(29)32-12-10-22-19-15-27(6,31-8)33-24(19)20(16-28)18-14-26(22,5)11-9-21(18)25(3,4)30-7/h10,12-13,15-16,18,21-22H,9,11,14H2,1-8H3. The quantitative estimate of drug-likeness (QED) is 0.224. The summed E-state index contributed by atoms with van der Waals surface area (Å²) in [6, 6.07) is 0. The van der Waals surface area contributed by atoms with Crippen molar-refractivity contribution in [2.75, 3.05) is 14.2 Å². The van der Waals surface area contributed by atoms with Crippen molar-refractivity contribution >= 4 is 12.3 Å². The Hall–Kier alpha value is -2.18. The van der Waals surface area contributed by atoms with Crippen LogP contribution in [0.1, 0.15) is 60.8 Å². The molecule has 1 heterocycles. The van der Waals surface area contributed by atoms with Crippen molar-refractivity contribution in [1.29, 1.82) is 0 Å². The summed E-state index contributed by atoms with van der Waals surface area (Å²) in [6.45, 7) is 12.0. The van der Waals surface area contributed by atoms with E-state index in [4.69, 9.17) is 18.9 Å². The fourth-order valence-corrected chi connectivity index (χ4v) is 5.70. The first-order valence-corrected chi connectivity index (χ1v) is 11.6. The minimum Gasteiger partial charge on any atom is -0.458 e. The van der Waals surface area contributed by atoms with Gasteiger partial charge < -0.3 is 18.9 Å². The van der Waals surface area contributed by atoms with Crippen LogP contribution < -0.4 is 0 Å². The van der Waals surface area contributed by atoms with Gasteiger partial charge in [-0.05, 0) is 76.4 Å². The van der Waals surface area contributed by atoms with E-state index >= 15 is 0 Å². The molecule has 5 unspecified atom stereocenters. The van der Waals surface area contributed by atoms with Gasteiger partial charge in [0.25, 0.3) is 0 Å². The third-order valence-corrected chi connectivity index (χ3v) is 7.74. The zero-order valence-electron chi connectivity index (χ0n) is 21.2. The van der Waals surface area contributed by atoms with Crippen LogP contribution in [0.4, 0.5) is 0 Å². The van der Waals surface area contributed by atoms with E-state index in [1.165, 1.54) is 12.3 Å². The second-order valence-electron chi connectivity index (χ2n) is 10.7. The lowest BCUT2D eigenvalue weighted by molar-refractivity contribution is -0.138. The number of rotatable bonds is 7. The summed E-state index contributed by atoms with van der Waals surface area (Å²) in [5.74, 6) is -0.724. The normalized spacial score (nSPS) is 33.7. The van der Waals surface area contributed by atoms with Crippen molar-refractivity contribution in [1.82, 2.24) is 0 Å². The molecule has 182 valence electrons. The Labute approximate surface area is 197 Å². The molecule has 3 aliphatic rings. The molecule has 33 heavy (non-hydrogen) atoms. The second kappa shape index (κ2) is 9.22. The number of hydrogen-bond acceptors (Lipinski definition) is 6. The molecule has 5 atom stereocenters. The Balaban J connectivity index is 2.10. The van der Waals surface area contributed by atoms with Gasteiger partial charge in [0.1, 0.15) is 12.0 Å². The van der Waals surface area contributed by atoms with E-state index < -0.39 is 11.8 Å². The maximum Gasteiger partial charge on any atom is 0.335 e. The average molecular weight is 459 g/mol. The molecule has 2 aliphatic carbocycles. The Morgan fingerprint density at radius 2 is 1.94 bits per heavy atom. The predicted molar refractivity (Wildman–Crippen MR) is 126 cm³/mol. The zero-order valence-corrected chi connectivity index (χ0v) is 21.2. The molecule has 2 bridgehead atoms. The van der Waals surface area contributed by atoms with E-state index in [-0.39, 0.29) is 28.8 Å². The van der Waals surface area contributed by atoms with Crippen LogP contribution in [0.25, 0.3) is 0 Å². The van der Waals surface area contributed by atoms with E-state index in [0.717, 1.165) is 36.7 Å². The number of aldehydes is 1. The van der Waals surface area contributed by atoms with Crippen LogP contribution >= 0.6 is 0 Å². The SMILES string of the molecule is COC1(C)C=C2C(=C(C=O)C3CC(C)(CCC3C(C)(C)OC)C2C=COC(=O)C=C(C)C)O1. The number of allylic oxidation sites excluding steroid dienone is 4. The molecular weight excluding hydrogens is 420 g/mol. The molecule has 1 saturated carbocycles. The highest BCUT2D eigenvalue weighted by atomic mass is 16.7. The summed E-state index contributed by atoms with van der Waals surface area (Å²) in [6.07, 6.45) is 10.4. The Morgan fingerprint density at radius 3 is 2.52 bits per heavy atom. The van der Waals surface area contributed by atoms with Crippen molar-refractivity contribution in [3.8, 4) is 0 Å². The summed E-state index contributed by atoms with van der Waals surface area (Å²) in [5.41, 5.74) is 1.91. The van der Waals surface area contributed by atoms with Gasteiger partial charge in [0.2, 0.25) is 5.79 Å². The lowest BCUT2D eigenvalue weighted by atomic mass is 9.57. The third-order valence-electron chi connectivity index (χ3n) is 7.74. The van der Waals surface area contributed by atoms with Gasteiger partial charge in [0.15, 0.2) is 0 Å². The highest BCUT2D eigenvalue weighted by Crippen LogP contribution is 2.59. The van der Waals surface area contributed by atoms with Gasteiger partial charge in [-0.3, -0.25) is 4.79 Å². The van der Waals surface area contributed by atoms with Crippen LogP contribution in [-0.4, -0.2) is 37.9 Å². The number of fused-ring (bicyclic) bond motifs is 3. The maximum absolute atomic E-state index is 12.5. The molecule has 0 aromatic carbocycles. The number of carbonyl (C=O) groups excluding carboxylic acids is 2. The molecule has 0 saturated heterocycles. The van der Waals surface area contributed by atoms with Gasteiger partial charge in [-0.25, -0.2) is 4.79 Å². The maximum atomic E-state index is 12.5. The fraction of sp³-hybridized carbons (Fsp3) is 0.630. The van der Waals surface area contributed by atoms with Crippen molar-refractivity contribution in [3.05, 3.63) is 47.0 Å². The minimum absolute atomic E-state index is 0.0135. The van der Waals surface area contributed by atoms with Crippen molar-refractivity contribution < 1.29 is 28.5 Å². The van der Waals surface area contributed by atoms with Crippen molar-refractivity contribution in [3.63, 3.8) is 0 Å². The lowest BCUT2D eigenvalue weighted by Crippen LogP contribution is -2.45. The number of methoxy groups -OCH3 is 2. The van der Waals surface area contributed by atoms with Crippen LogP contribution in [0.5, 0.6) is 0 Å². The second-order valence-corrected chi connectivity index (χ2v) is 10.7. The van der Waals surface area contributed by atoms with Crippen LogP contribution in [0.2, 0.25) is 0 Å². The number of carbonyl (C=O) groups is 2. The van der Waals surface area contributed by atoms with Gasteiger partial charge in [-0.15, -0.1) is 0 Å². The highest BCUT2D eigenvalue weighted by Gasteiger charge is 2.54. The van der Waals surface area contributed by atoms with Gasteiger partial charge in [-0.2, -0.15) is 0 Å². The molecular formula is C27H38O6. The number of hydrogen-bond donors (Lipinski definition) is 0. The fourth-order valence-electron chi connectivity index (χ4n) is 5.70. The van der Waals surface area contributed by atoms with Crippen LogP contribution in [0.15, 0.2) is 47.0 Å². The van der Waals surface area contributed by atoms with E-state index in [9.17, 15) is 9.59 Å². The smallest absolute Gasteiger partial charge is 0.335 e. The van der Waals surface area contributed by atoms with E-state index in [0.29, 0.717) is 11.3 Å². The highest BCUT2D eigenvalue weighted by molar-refractivity contribution is 5.83. The summed E-state index contributed by atoms with van der Waals surface area (Å²) in [4.78, 5) is 24.5.